The molecule has 0 saturated carbocycles. The van der Waals surface area contributed by atoms with Gasteiger partial charge in [0.15, 0.2) is 0 Å². The number of benzene rings is 2. The minimum Gasteiger partial charge on any atom is -0.355 e. The number of rotatable bonds is 6. The van der Waals surface area contributed by atoms with Crippen LogP contribution in [-0.4, -0.2) is 25.4 Å². The molecule has 2 N–H and O–H groups in total. The molecule has 0 amide bonds. The van der Waals surface area contributed by atoms with Crippen LogP contribution in [0.2, 0.25) is 0 Å². The number of ketones is 1. The van der Waals surface area contributed by atoms with Gasteiger partial charge >= 0.3 is 6.18 Å². The highest BCUT2D eigenvalue weighted by Gasteiger charge is 2.35. The van der Waals surface area contributed by atoms with Gasteiger partial charge in [-0.15, -0.1) is 0 Å². The number of nitrogens with one attached hydrogen (secondary N) is 2. The summed E-state index contributed by atoms with van der Waals surface area (Å²) < 4.78 is 65.9. The van der Waals surface area contributed by atoms with Crippen molar-refractivity contribution in [3.63, 3.8) is 0 Å². The second kappa shape index (κ2) is 8.22. The van der Waals surface area contributed by atoms with E-state index < -0.39 is 27.7 Å². The normalized spacial score (nSPS) is 13.1. The predicted molar refractivity (Wildman–Crippen MR) is 113 cm³/mol. The third kappa shape index (κ3) is 5.35. The molecule has 0 bridgehead atoms. The van der Waals surface area contributed by atoms with E-state index in [-0.39, 0.29) is 22.7 Å². The lowest BCUT2D eigenvalue weighted by Gasteiger charge is -2.19. The fraction of sp³-hybridized carbons (Fsp3) is 0.227. The first kappa shape index (κ1) is 22.6. The smallest absolute Gasteiger partial charge is 0.355 e. The van der Waals surface area contributed by atoms with E-state index in [1.807, 2.05) is 6.92 Å². The molecule has 0 spiro atoms. The molecule has 5 nitrogen and oxygen atoms in total. The number of anilines is 1. The predicted octanol–water partition coefficient (Wildman–Crippen LogP) is 5.10. The number of carbonyl (C=O) groups is 1. The van der Waals surface area contributed by atoms with Crippen LogP contribution in [0.5, 0.6) is 0 Å². The van der Waals surface area contributed by atoms with E-state index in [0.29, 0.717) is 11.3 Å². The highest BCUT2D eigenvalue weighted by atomic mass is 32.2. The van der Waals surface area contributed by atoms with Crippen molar-refractivity contribution in [2.24, 2.45) is 0 Å². The Kier molecular flexibility index (Phi) is 6.00. The van der Waals surface area contributed by atoms with Crippen LogP contribution < -0.4 is 4.72 Å². The van der Waals surface area contributed by atoms with E-state index in [4.69, 9.17) is 0 Å². The molecule has 0 fully saturated rings. The Labute approximate surface area is 178 Å². The van der Waals surface area contributed by atoms with Crippen molar-refractivity contribution in [2.75, 3.05) is 11.0 Å². The molecule has 1 unspecified atom stereocenters. The summed E-state index contributed by atoms with van der Waals surface area (Å²) in [7, 11) is -3.72. The molecule has 0 aliphatic heterocycles. The summed E-state index contributed by atoms with van der Waals surface area (Å²) in [6, 6.07) is 13.4. The molecule has 31 heavy (non-hydrogen) atoms. The Morgan fingerprint density at radius 2 is 1.68 bits per heavy atom. The number of aryl methyl sites for hydroxylation is 1. The van der Waals surface area contributed by atoms with Gasteiger partial charge in [-0.1, -0.05) is 42.8 Å². The first-order valence-corrected chi connectivity index (χ1v) is 11.2. The van der Waals surface area contributed by atoms with Crippen molar-refractivity contribution in [3.8, 4) is 0 Å². The second-order valence-electron chi connectivity index (χ2n) is 7.42. The van der Waals surface area contributed by atoms with Crippen LogP contribution in [0.4, 0.5) is 18.9 Å². The number of aromatic amines is 1. The molecule has 1 atom stereocenters. The third-order valence-corrected chi connectivity index (χ3v) is 5.47. The van der Waals surface area contributed by atoms with E-state index in [1.54, 1.807) is 43.3 Å². The van der Waals surface area contributed by atoms with E-state index in [2.05, 4.69) is 9.71 Å². The van der Waals surface area contributed by atoms with Gasteiger partial charge in [-0.3, -0.25) is 9.52 Å². The van der Waals surface area contributed by atoms with Gasteiger partial charge in [0.25, 0.3) is 0 Å². The minimum absolute atomic E-state index is 0.0391. The number of carbonyl (C=O) groups excluding carboxylic acids is 1. The maximum absolute atomic E-state index is 13.7. The summed E-state index contributed by atoms with van der Waals surface area (Å²) in [4.78, 5) is 15.6. The SMILES string of the molecule is Cc1ccc(C(=O)c2ccc(C(C)c3ccc(NS(C)(=O)=O)cc3C(F)(F)F)[nH]2)cc1. The molecule has 0 saturated heterocycles. The molecule has 164 valence electrons. The van der Waals surface area contributed by atoms with Gasteiger partial charge in [-0.25, -0.2) is 8.42 Å². The van der Waals surface area contributed by atoms with Crippen LogP contribution in [0.15, 0.2) is 54.6 Å². The van der Waals surface area contributed by atoms with E-state index >= 15 is 0 Å². The molecule has 0 radical (unpaired) electrons. The summed E-state index contributed by atoms with van der Waals surface area (Å²) in [6.45, 7) is 3.48. The Morgan fingerprint density at radius 3 is 2.26 bits per heavy atom. The van der Waals surface area contributed by atoms with E-state index in [0.717, 1.165) is 17.9 Å². The zero-order valence-corrected chi connectivity index (χ0v) is 17.9. The Hall–Kier alpha value is -3.07. The molecular weight excluding hydrogens is 429 g/mol. The van der Waals surface area contributed by atoms with Gasteiger partial charge in [0.1, 0.15) is 0 Å². The zero-order valence-electron chi connectivity index (χ0n) is 17.0. The fourth-order valence-corrected chi connectivity index (χ4v) is 3.84. The largest absolute Gasteiger partial charge is 0.416 e. The molecule has 3 aromatic rings. The molecule has 0 aliphatic carbocycles. The topological polar surface area (TPSA) is 79.0 Å². The molecule has 2 aromatic carbocycles. The summed E-state index contributed by atoms with van der Waals surface area (Å²) in [5.41, 5.74) is 1.02. The Bertz CT molecular complexity index is 1210. The lowest BCUT2D eigenvalue weighted by atomic mass is 9.92. The summed E-state index contributed by atoms with van der Waals surface area (Å²) in [5.74, 6) is -0.981. The minimum atomic E-state index is -4.69. The van der Waals surface area contributed by atoms with Crippen molar-refractivity contribution >= 4 is 21.5 Å². The van der Waals surface area contributed by atoms with Gasteiger partial charge < -0.3 is 4.98 Å². The van der Waals surface area contributed by atoms with Gasteiger partial charge in [0, 0.05) is 22.9 Å². The van der Waals surface area contributed by atoms with Crippen LogP contribution in [0.25, 0.3) is 0 Å². The molecule has 1 heterocycles. The van der Waals surface area contributed by atoms with Gasteiger partial charge in [-0.05, 0) is 36.8 Å². The van der Waals surface area contributed by atoms with Crippen molar-refractivity contribution in [2.45, 2.75) is 25.9 Å². The maximum Gasteiger partial charge on any atom is 0.416 e. The molecule has 3 rings (SSSR count). The lowest BCUT2D eigenvalue weighted by molar-refractivity contribution is -0.138. The van der Waals surface area contributed by atoms with Crippen LogP contribution in [0.3, 0.4) is 0 Å². The Morgan fingerprint density at radius 1 is 1.03 bits per heavy atom. The number of aromatic nitrogens is 1. The molecule has 0 aliphatic rings. The van der Waals surface area contributed by atoms with Crippen molar-refractivity contribution < 1.29 is 26.4 Å². The van der Waals surface area contributed by atoms with Crippen LogP contribution in [0, 0.1) is 6.92 Å². The standard InChI is InChI=1S/C22H21F3N2O3S/c1-13-4-6-15(7-5-13)21(28)20-11-10-19(26-20)14(2)17-9-8-16(27-31(3,29)30)12-18(17)22(23,24)25/h4-12,14,26-27H,1-3H3. The average molecular weight is 450 g/mol. The monoisotopic (exact) mass is 450 g/mol. The van der Waals surface area contributed by atoms with Crippen molar-refractivity contribution in [3.05, 3.63) is 88.2 Å². The van der Waals surface area contributed by atoms with Crippen molar-refractivity contribution in [1.29, 1.82) is 0 Å². The summed E-state index contributed by atoms with van der Waals surface area (Å²) in [5, 5.41) is 0. The number of alkyl halides is 3. The van der Waals surface area contributed by atoms with Crippen molar-refractivity contribution in [1.82, 2.24) is 4.98 Å². The van der Waals surface area contributed by atoms with Crippen LogP contribution in [-0.2, 0) is 16.2 Å². The second-order valence-corrected chi connectivity index (χ2v) is 9.17. The zero-order chi connectivity index (χ0) is 23.0. The average Bonchev–Trinajstić information content (AvgIpc) is 3.15. The summed E-state index contributed by atoms with van der Waals surface area (Å²) in [6.07, 6.45) is -3.83. The fourth-order valence-electron chi connectivity index (χ4n) is 3.28. The van der Waals surface area contributed by atoms with E-state index in [9.17, 15) is 26.4 Å². The van der Waals surface area contributed by atoms with Crippen LogP contribution in [0.1, 0.15) is 51.3 Å². The highest BCUT2D eigenvalue weighted by Crippen LogP contribution is 2.39. The molecular formula is C22H21F3N2O3S. The first-order valence-electron chi connectivity index (χ1n) is 9.34. The van der Waals surface area contributed by atoms with E-state index in [1.165, 1.54) is 12.1 Å². The number of hydrogen-bond donors (Lipinski definition) is 2. The third-order valence-electron chi connectivity index (χ3n) is 4.86. The molecule has 9 heteroatoms. The quantitative estimate of drug-likeness (QED) is 0.513. The maximum atomic E-state index is 13.7. The van der Waals surface area contributed by atoms with Crippen LogP contribution >= 0.6 is 0 Å². The molecule has 1 aromatic heterocycles. The number of halogens is 3. The number of sulfonamides is 1. The highest BCUT2D eigenvalue weighted by molar-refractivity contribution is 7.92. The first-order chi connectivity index (χ1) is 14.3. The van der Waals surface area contributed by atoms with Gasteiger partial charge in [0.05, 0.1) is 17.5 Å². The van der Waals surface area contributed by atoms with Gasteiger partial charge in [0.2, 0.25) is 15.8 Å². The lowest BCUT2D eigenvalue weighted by Crippen LogP contribution is -2.15. The Balaban J connectivity index is 1.95. The number of hydrogen-bond acceptors (Lipinski definition) is 3. The van der Waals surface area contributed by atoms with Gasteiger partial charge in [-0.2, -0.15) is 13.2 Å². The number of H-pyrrole nitrogens is 1. The summed E-state index contributed by atoms with van der Waals surface area (Å²) >= 11 is 0.